The molecule has 0 saturated heterocycles. The average Bonchev–Trinajstić information content (AvgIpc) is 2.03. The topological polar surface area (TPSA) is 61.7 Å². The molecule has 12 heavy (non-hydrogen) atoms. The maximum Gasteiger partial charge on any atom is 0.146 e. The van der Waals surface area contributed by atoms with Crippen LogP contribution in [0.1, 0.15) is 5.69 Å². The van der Waals surface area contributed by atoms with Crippen molar-refractivity contribution in [3.8, 4) is 0 Å². The number of hydrogen-bond acceptors (Lipinski definition) is 2. The number of halogens is 2. The minimum Gasteiger partial charge on any atom is -0.257 e. The van der Waals surface area contributed by atoms with Crippen LogP contribution in [0.3, 0.4) is 0 Å². The predicted octanol–water partition coefficient (Wildman–Crippen LogP) is 2.68. The zero-order valence-corrected chi connectivity index (χ0v) is 6.66. The summed E-state index contributed by atoms with van der Waals surface area (Å²) in [6, 6.07) is 1.12. The van der Waals surface area contributed by atoms with E-state index in [9.17, 15) is 4.39 Å². The first-order chi connectivity index (χ1) is 5.74. The highest BCUT2D eigenvalue weighted by Gasteiger charge is 2.02. The summed E-state index contributed by atoms with van der Waals surface area (Å²) in [5.41, 5.74) is 8.05. The van der Waals surface area contributed by atoms with Gasteiger partial charge in [-0.25, -0.2) is 4.39 Å². The Morgan fingerprint density at radius 3 is 3.08 bits per heavy atom. The highest BCUT2D eigenvalue weighted by Crippen LogP contribution is 2.11. The lowest BCUT2D eigenvalue weighted by Gasteiger charge is -1.96. The van der Waals surface area contributed by atoms with Crippen molar-refractivity contribution in [3.63, 3.8) is 0 Å². The molecule has 1 aromatic rings. The zero-order valence-electron chi connectivity index (χ0n) is 5.91. The van der Waals surface area contributed by atoms with Crippen LogP contribution in [0, 0.1) is 5.82 Å². The third kappa shape index (κ3) is 2.08. The quantitative estimate of drug-likeness (QED) is 0.398. The Balaban J connectivity index is 2.93. The predicted molar refractivity (Wildman–Crippen MR) is 42.1 cm³/mol. The standard InChI is InChI=1S/C6H4ClFN4/c7-4-1-5(8)6(10-2-4)3-11-12-9/h1-2H,3H2. The van der Waals surface area contributed by atoms with Gasteiger partial charge in [-0.05, 0) is 11.6 Å². The van der Waals surface area contributed by atoms with Crippen molar-refractivity contribution in [2.45, 2.75) is 6.54 Å². The second-order valence-corrected chi connectivity index (χ2v) is 2.41. The third-order valence-corrected chi connectivity index (χ3v) is 1.37. The van der Waals surface area contributed by atoms with E-state index in [1.165, 1.54) is 6.20 Å². The van der Waals surface area contributed by atoms with E-state index in [1.54, 1.807) is 0 Å². The van der Waals surface area contributed by atoms with Crippen molar-refractivity contribution in [1.82, 2.24) is 4.98 Å². The Kier molecular flexibility index (Phi) is 2.85. The molecule has 0 amide bonds. The Hall–Kier alpha value is -1.32. The van der Waals surface area contributed by atoms with Crippen LogP contribution in [0.4, 0.5) is 4.39 Å². The van der Waals surface area contributed by atoms with Crippen molar-refractivity contribution in [1.29, 1.82) is 0 Å². The van der Waals surface area contributed by atoms with Crippen LogP contribution in [-0.4, -0.2) is 4.98 Å². The molecule has 1 rings (SSSR count). The van der Waals surface area contributed by atoms with Crippen LogP contribution in [0.15, 0.2) is 17.4 Å². The molecule has 62 valence electrons. The summed E-state index contributed by atoms with van der Waals surface area (Å²) < 4.78 is 12.8. The molecule has 0 bridgehead atoms. The van der Waals surface area contributed by atoms with E-state index in [2.05, 4.69) is 15.0 Å². The largest absolute Gasteiger partial charge is 0.257 e. The van der Waals surface area contributed by atoms with Gasteiger partial charge in [0.2, 0.25) is 0 Å². The van der Waals surface area contributed by atoms with E-state index >= 15 is 0 Å². The van der Waals surface area contributed by atoms with Crippen molar-refractivity contribution >= 4 is 11.6 Å². The van der Waals surface area contributed by atoms with E-state index in [0.717, 1.165) is 6.07 Å². The van der Waals surface area contributed by atoms with Gasteiger partial charge in [0.05, 0.1) is 17.3 Å². The van der Waals surface area contributed by atoms with Crippen LogP contribution in [0.2, 0.25) is 5.02 Å². The summed E-state index contributed by atoms with van der Waals surface area (Å²) in [4.78, 5) is 6.12. The number of nitrogens with zero attached hydrogens (tertiary/aromatic N) is 4. The second-order valence-electron chi connectivity index (χ2n) is 1.97. The molecule has 4 nitrogen and oxygen atoms in total. The zero-order chi connectivity index (χ0) is 8.97. The van der Waals surface area contributed by atoms with Gasteiger partial charge < -0.3 is 0 Å². The van der Waals surface area contributed by atoms with E-state index in [-0.39, 0.29) is 17.3 Å². The maximum absolute atomic E-state index is 12.8. The van der Waals surface area contributed by atoms with Gasteiger partial charge in [-0.1, -0.05) is 16.7 Å². The lowest BCUT2D eigenvalue weighted by Crippen LogP contribution is -1.91. The minimum atomic E-state index is -0.560. The monoisotopic (exact) mass is 186 g/mol. The lowest BCUT2D eigenvalue weighted by atomic mass is 10.3. The van der Waals surface area contributed by atoms with Gasteiger partial charge in [-0.3, -0.25) is 4.98 Å². The Bertz CT molecular complexity index is 334. The molecule has 0 aliphatic carbocycles. The molecule has 0 aromatic carbocycles. The molecule has 0 atom stereocenters. The summed E-state index contributed by atoms with van der Waals surface area (Å²) in [5.74, 6) is -0.560. The van der Waals surface area contributed by atoms with Gasteiger partial charge >= 0.3 is 0 Å². The molecule has 0 radical (unpaired) electrons. The number of hydrogen-bond donors (Lipinski definition) is 0. The molecule has 0 unspecified atom stereocenters. The molecule has 6 heteroatoms. The minimum absolute atomic E-state index is 0.0946. The van der Waals surface area contributed by atoms with Gasteiger partial charge in [0.25, 0.3) is 0 Å². The van der Waals surface area contributed by atoms with Crippen molar-refractivity contribution in [2.75, 3.05) is 0 Å². The Labute approximate surface area is 72.6 Å². The molecule has 0 fully saturated rings. The highest BCUT2D eigenvalue weighted by atomic mass is 35.5. The normalized spacial score (nSPS) is 9.17. The fourth-order valence-corrected chi connectivity index (χ4v) is 0.802. The van der Waals surface area contributed by atoms with Crippen LogP contribution in [0.5, 0.6) is 0 Å². The van der Waals surface area contributed by atoms with Crippen LogP contribution < -0.4 is 0 Å². The molecule has 0 aliphatic heterocycles. The smallest absolute Gasteiger partial charge is 0.146 e. The fraction of sp³-hybridized carbons (Fsp3) is 0.167. The first-order valence-corrected chi connectivity index (χ1v) is 3.42. The summed E-state index contributed by atoms with van der Waals surface area (Å²) >= 11 is 5.45. The van der Waals surface area contributed by atoms with Crippen LogP contribution in [-0.2, 0) is 6.54 Å². The van der Waals surface area contributed by atoms with Crippen molar-refractivity contribution in [3.05, 3.63) is 39.2 Å². The van der Waals surface area contributed by atoms with Crippen molar-refractivity contribution < 1.29 is 4.39 Å². The van der Waals surface area contributed by atoms with E-state index < -0.39 is 5.82 Å². The van der Waals surface area contributed by atoms with Gasteiger partial charge in [0.1, 0.15) is 5.82 Å². The SMILES string of the molecule is [N-]=[N+]=NCc1ncc(Cl)cc1F. The first-order valence-electron chi connectivity index (χ1n) is 3.05. The van der Waals surface area contributed by atoms with E-state index in [1.807, 2.05) is 0 Å². The number of azide groups is 1. The summed E-state index contributed by atoms with van der Waals surface area (Å²) in [5, 5.41) is 3.39. The number of aromatic nitrogens is 1. The third-order valence-electron chi connectivity index (χ3n) is 1.17. The molecule has 0 aliphatic rings. The van der Waals surface area contributed by atoms with Gasteiger partial charge in [-0.2, -0.15) is 0 Å². The fourth-order valence-electron chi connectivity index (χ4n) is 0.658. The van der Waals surface area contributed by atoms with Crippen LogP contribution >= 0.6 is 11.6 Å². The first kappa shape index (κ1) is 8.77. The van der Waals surface area contributed by atoms with E-state index in [4.69, 9.17) is 17.1 Å². The average molecular weight is 187 g/mol. The Morgan fingerprint density at radius 2 is 2.50 bits per heavy atom. The Morgan fingerprint density at radius 1 is 1.75 bits per heavy atom. The van der Waals surface area contributed by atoms with E-state index in [0.29, 0.717) is 0 Å². The highest BCUT2D eigenvalue weighted by molar-refractivity contribution is 6.30. The molecule has 1 aromatic heterocycles. The molecular weight excluding hydrogens is 183 g/mol. The van der Waals surface area contributed by atoms with Crippen molar-refractivity contribution in [2.24, 2.45) is 5.11 Å². The molecule has 0 spiro atoms. The summed E-state index contributed by atoms with van der Waals surface area (Å²) in [6.07, 6.45) is 1.30. The number of pyridine rings is 1. The van der Waals surface area contributed by atoms with Gasteiger partial charge in [0.15, 0.2) is 0 Å². The molecular formula is C6H4ClFN4. The maximum atomic E-state index is 12.8. The second kappa shape index (κ2) is 3.90. The lowest BCUT2D eigenvalue weighted by molar-refractivity contribution is 0.599. The van der Waals surface area contributed by atoms with Gasteiger partial charge in [-0.15, -0.1) is 0 Å². The molecule has 1 heterocycles. The summed E-state index contributed by atoms with van der Waals surface area (Å²) in [7, 11) is 0. The summed E-state index contributed by atoms with van der Waals surface area (Å²) in [6.45, 7) is -0.0977. The van der Waals surface area contributed by atoms with Crippen LogP contribution in [0.25, 0.3) is 10.4 Å². The van der Waals surface area contributed by atoms with Gasteiger partial charge in [0, 0.05) is 11.1 Å². The number of rotatable bonds is 2. The molecule has 0 N–H and O–H groups in total. The molecule has 0 saturated carbocycles.